The molecule has 0 heterocycles. The molecular weight excluding hydrogens is 230 g/mol. The third-order valence-corrected chi connectivity index (χ3v) is 2.70. The van der Waals surface area contributed by atoms with Crippen molar-refractivity contribution in [1.82, 2.24) is 9.80 Å². The fraction of sp³-hybridized carbons (Fsp3) is 0.769. The molecule has 5 nitrogen and oxygen atoms in total. The van der Waals surface area contributed by atoms with Gasteiger partial charge in [0.1, 0.15) is 5.92 Å². The molecule has 0 aliphatic heterocycles. The Kier molecular flexibility index (Phi) is 7.03. The summed E-state index contributed by atoms with van der Waals surface area (Å²) < 4.78 is 0. The molecule has 0 aliphatic rings. The molecule has 0 aromatic heterocycles. The molecule has 0 bridgehead atoms. The summed E-state index contributed by atoms with van der Waals surface area (Å²) in [6.07, 6.45) is 0.767. The van der Waals surface area contributed by atoms with Gasteiger partial charge >= 0.3 is 0 Å². The number of rotatable bonds is 6. The van der Waals surface area contributed by atoms with Crippen LogP contribution in [0, 0.1) is 23.2 Å². The second-order valence-electron chi connectivity index (χ2n) is 4.90. The molecule has 0 rings (SSSR count). The summed E-state index contributed by atoms with van der Waals surface area (Å²) in [6, 6.07) is 2.03. The maximum atomic E-state index is 12.2. The Labute approximate surface area is 109 Å². The van der Waals surface area contributed by atoms with E-state index >= 15 is 0 Å². The largest absolute Gasteiger partial charge is 0.347 e. The number of carbonyl (C=O) groups is 2. The number of nitrogens with zero attached hydrogens (tertiary/aromatic N) is 3. The van der Waals surface area contributed by atoms with Crippen molar-refractivity contribution in [3.63, 3.8) is 0 Å². The summed E-state index contributed by atoms with van der Waals surface area (Å²) in [4.78, 5) is 26.8. The van der Waals surface area contributed by atoms with Crippen LogP contribution in [0.1, 0.15) is 27.2 Å². The predicted molar refractivity (Wildman–Crippen MR) is 69.5 cm³/mol. The maximum absolute atomic E-state index is 12.2. The molecule has 1 atom stereocenters. The van der Waals surface area contributed by atoms with E-state index in [1.165, 1.54) is 9.80 Å². The summed E-state index contributed by atoms with van der Waals surface area (Å²) in [6.45, 7) is 6.17. The molecule has 0 aromatic carbocycles. The van der Waals surface area contributed by atoms with Crippen molar-refractivity contribution >= 4 is 11.8 Å². The molecule has 102 valence electrons. The number of nitriles is 1. The van der Waals surface area contributed by atoms with Crippen LogP contribution < -0.4 is 0 Å². The first-order valence-corrected chi connectivity index (χ1v) is 6.23. The van der Waals surface area contributed by atoms with Crippen molar-refractivity contribution in [2.45, 2.75) is 27.2 Å². The van der Waals surface area contributed by atoms with E-state index in [1.807, 2.05) is 26.8 Å². The van der Waals surface area contributed by atoms with Gasteiger partial charge in [0.15, 0.2) is 0 Å². The molecule has 0 spiro atoms. The van der Waals surface area contributed by atoms with Crippen LogP contribution >= 0.6 is 0 Å². The van der Waals surface area contributed by atoms with Crippen molar-refractivity contribution in [2.75, 3.05) is 27.2 Å². The Morgan fingerprint density at radius 1 is 1.28 bits per heavy atom. The van der Waals surface area contributed by atoms with Crippen molar-refractivity contribution < 1.29 is 9.59 Å². The highest BCUT2D eigenvalue weighted by Crippen LogP contribution is 2.13. The topological polar surface area (TPSA) is 64.4 Å². The Morgan fingerprint density at radius 2 is 1.83 bits per heavy atom. The Hall–Kier alpha value is -1.57. The minimum absolute atomic E-state index is 0.0451. The Balaban J connectivity index is 4.84. The van der Waals surface area contributed by atoms with Gasteiger partial charge in [0.25, 0.3) is 0 Å². The Morgan fingerprint density at radius 3 is 2.17 bits per heavy atom. The van der Waals surface area contributed by atoms with Gasteiger partial charge in [-0.05, 0) is 12.3 Å². The molecule has 0 saturated carbocycles. The zero-order chi connectivity index (χ0) is 14.3. The number of hydrogen-bond donors (Lipinski definition) is 0. The Bertz CT molecular complexity index is 332. The van der Waals surface area contributed by atoms with Crippen LogP contribution in [0.5, 0.6) is 0 Å². The van der Waals surface area contributed by atoms with E-state index in [-0.39, 0.29) is 24.3 Å². The van der Waals surface area contributed by atoms with Gasteiger partial charge < -0.3 is 9.80 Å². The van der Waals surface area contributed by atoms with Gasteiger partial charge in [-0.1, -0.05) is 20.8 Å². The van der Waals surface area contributed by atoms with Crippen LogP contribution in [0.15, 0.2) is 0 Å². The van der Waals surface area contributed by atoms with E-state index in [1.54, 1.807) is 14.1 Å². The van der Waals surface area contributed by atoms with Crippen LogP contribution in [0.4, 0.5) is 0 Å². The van der Waals surface area contributed by atoms with Gasteiger partial charge in [-0.2, -0.15) is 5.26 Å². The summed E-state index contributed by atoms with van der Waals surface area (Å²) in [5, 5.41) is 9.03. The van der Waals surface area contributed by atoms with Gasteiger partial charge in [-0.25, -0.2) is 0 Å². The highest BCUT2D eigenvalue weighted by Gasteiger charge is 2.28. The molecule has 18 heavy (non-hydrogen) atoms. The molecule has 0 aromatic rings. The molecular formula is C13H23N3O2. The quantitative estimate of drug-likeness (QED) is 0.712. The van der Waals surface area contributed by atoms with Gasteiger partial charge in [0, 0.05) is 20.6 Å². The van der Waals surface area contributed by atoms with Crippen LogP contribution in [0.3, 0.4) is 0 Å². The van der Waals surface area contributed by atoms with Crippen molar-refractivity contribution in [3.05, 3.63) is 0 Å². The first kappa shape index (κ1) is 16.4. The van der Waals surface area contributed by atoms with Gasteiger partial charge in [0.05, 0.1) is 12.6 Å². The van der Waals surface area contributed by atoms with Crippen molar-refractivity contribution in [1.29, 1.82) is 5.26 Å². The SMILES string of the molecule is CCCN(CC(=O)N(C)C)C(=O)C(C#N)C(C)C. The lowest BCUT2D eigenvalue weighted by atomic mass is 9.96. The van der Waals surface area contributed by atoms with Crippen LogP contribution in [0.25, 0.3) is 0 Å². The van der Waals surface area contributed by atoms with E-state index in [4.69, 9.17) is 5.26 Å². The first-order valence-electron chi connectivity index (χ1n) is 6.23. The van der Waals surface area contributed by atoms with E-state index in [0.717, 1.165) is 6.42 Å². The molecule has 0 N–H and O–H groups in total. The summed E-state index contributed by atoms with van der Waals surface area (Å²) in [5.74, 6) is -1.09. The zero-order valence-electron chi connectivity index (χ0n) is 11.9. The average molecular weight is 253 g/mol. The van der Waals surface area contributed by atoms with Gasteiger partial charge in [0.2, 0.25) is 11.8 Å². The highest BCUT2D eigenvalue weighted by atomic mass is 16.2. The number of amides is 2. The lowest BCUT2D eigenvalue weighted by Crippen LogP contribution is -2.44. The third-order valence-electron chi connectivity index (χ3n) is 2.70. The zero-order valence-corrected chi connectivity index (χ0v) is 11.9. The summed E-state index contributed by atoms with van der Waals surface area (Å²) >= 11 is 0. The van der Waals surface area contributed by atoms with Crippen LogP contribution in [-0.4, -0.2) is 48.8 Å². The molecule has 0 saturated heterocycles. The summed E-state index contributed by atoms with van der Waals surface area (Å²) in [5.41, 5.74) is 0. The van der Waals surface area contributed by atoms with Crippen LogP contribution in [-0.2, 0) is 9.59 Å². The second-order valence-corrected chi connectivity index (χ2v) is 4.90. The van der Waals surface area contributed by atoms with Crippen molar-refractivity contribution in [2.24, 2.45) is 11.8 Å². The predicted octanol–water partition coefficient (Wildman–Crippen LogP) is 1.11. The minimum Gasteiger partial charge on any atom is -0.347 e. The van der Waals surface area contributed by atoms with E-state index < -0.39 is 5.92 Å². The van der Waals surface area contributed by atoms with E-state index in [0.29, 0.717) is 6.54 Å². The normalized spacial score (nSPS) is 11.8. The number of carbonyl (C=O) groups excluding carboxylic acids is 2. The highest BCUT2D eigenvalue weighted by molar-refractivity contribution is 5.87. The maximum Gasteiger partial charge on any atom is 0.241 e. The first-order chi connectivity index (χ1) is 8.34. The monoisotopic (exact) mass is 253 g/mol. The molecule has 2 amide bonds. The lowest BCUT2D eigenvalue weighted by Gasteiger charge is -2.26. The second kappa shape index (κ2) is 7.70. The minimum atomic E-state index is -0.675. The smallest absolute Gasteiger partial charge is 0.241 e. The molecule has 0 radical (unpaired) electrons. The molecule has 0 aliphatic carbocycles. The third kappa shape index (κ3) is 4.74. The fourth-order valence-electron chi connectivity index (χ4n) is 1.53. The lowest BCUT2D eigenvalue weighted by molar-refractivity contribution is -0.141. The standard InChI is InChI=1S/C13H23N3O2/c1-6-7-16(9-12(17)15(4)5)13(18)11(8-14)10(2)3/h10-11H,6-7,9H2,1-5H3. The van der Waals surface area contributed by atoms with E-state index in [2.05, 4.69) is 0 Å². The molecule has 0 fully saturated rings. The van der Waals surface area contributed by atoms with Crippen molar-refractivity contribution in [3.8, 4) is 6.07 Å². The van der Waals surface area contributed by atoms with Crippen LogP contribution in [0.2, 0.25) is 0 Å². The molecule has 1 unspecified atom stereocenters. The van der Waals surface area contributed by atoms with Gasteiger partial charge in [-0.15, -0.1) is 0 Å². The average Bonchev–Trinajstić information content (AvgIpc) is 2.28. The van der Waals surface area contributed by atoms with Gasteiger partial charge in [-0.3, -0.25) is 9.59 Å². The summed E-state index contributed by atoms with van der Waals surface area (Å²) in [7, 11) is 3.31. The number of likely N-dealkylation sites (N-methyl/N-ethyl adjacent to an activating group) is 1. The van der Waals surface area contributed by atoms with E-state index in [9.17, 15) is 9.59 Å². The molecule has 5 heteroatoms. The fourth-order valence-corrected chi connectivity index (χ4v) is 1.53. The number of hydrogen-bond acceptors (Lipinski definition) is 3.